The first kappa shape index (κ1) is 17.5. The Morgan fingerprint density at radius 1 is 0.960 bits per heavy atom. The van der Waals surface area contributed by atoms with Crippen molar-refractivity contribution in [3.05, 3.63) is 66.2 Å². The molecule has 2 aromatic carbocycles. The second-order valence-electron chi connectivity index (χ2n) is 6.18. The molecule has 4 heteroatoms. The van der Waals surface area contributed by atoms with Crippen LogP contribution in [0.1, 0.15) is 32.1 Å². The van der Waals surface area contributed by atoms with E-state index in [9.17, 15) is 0 Å². The predicted octanol–water partition coefficient (Wildman–Crippen LogP) is 5.66. The molecule has 0 saturated heterocycles. The Kier molecular flexibility index (Phi) is 6.46. The molecule has 2 aromatic rings. The Hall–Kier alpha value is -2.33. The summed E-state index contributed by atoms with van der Waals surface area (Å²) in [7, 11) is 0. The number of ether oxygens (including phenoxy) is 1. The first-order valence-corrected chi connectivity index (χ1v) is 9.26. The number of rotatable bonds is 6. The van der Waals surface area contributed by atoms with Gasteiger partial charge in [0.2, 0.25) is 0 Å². The van der Waals surface area contributed by atoms with Crippen LogP contribution in [-0.4, -0.2) is 11.7 Å². The highest BCUT2D eigenvalue weighted by molar-refractivity contribution is 7.80. The van der Waals surface area contributed by atoms with Crippen LogP contribution in [0.25, 0.3) is 0 Å². The molecule has 25 heavy (non-hydrogen) atoms. The zero-order valence-electron chi connectivity index (χ0n) is 14.3. The molecule has 2 N–H and O–H groups in total. The highest BCUT2D eigenvalue weighted by Gasteiger charge is 2.04. The molecule has 3 rings (SSSR count). The molecule has 0 heterocycles. The van der Waals surface area contributed by atoms with Crippen molar-refractivity contribution in [2.45, 2.75) is 32.1 Å². The Morgan fingerprint density at radius 2 is 1.72 bits per heavy atom. The van der Waals surface area contributed by atoms with Gasteiger partial charge >= 0.3 is 0 Å². The third-order valence-corrected chi connectivity index (χ3v) is 4.45. The molecular weight excluding hydrogens is 328 g/mol. The molecule has 0 unspecified atom stereocenters. The Morgan fingerprint density at radius 3 is 2.44 bits per heavy atom. The van der Waals surface area contributed by atoms with Crippen LogP contribution in [0, 0.1) is 0 Å². The minimum absolute atomic E-state index is 0.660. The summed E-state index contributed by atoms with van der Waals surface area (Å²) in [5.41, 5.74) is 2.51. The van der Waals surface area contributed by atoms with Gasteiger partial charge in [0.1, 0.15) is 11.5 Å². The van der Waals surface area contributed by atoms with Crippen molar-refractivity contribution < 1.29 is 4.74 Å². The fourth-order valence-electron chi connectivity index (χ4n) is 2.87. The maximum absolute atomic E-state index is 5.79. The molecular formula is C21H24N2OS. The van der Waals surface area contributed by atoms with Crippen LogP contribution in [0.15, 0.2) is 66.2 Å². The lowest BCUT2D eigenvalue weighted by Crippen LogP contribution is -2.29. The Labute approximate surface area is 155 Å². The van der Waals surface area contributed by atoms with Gasteiger partial charge in [-0.2, -0.15) is 0 Å². The molecule has 0 aliphatic heterocycles. The summed E-state index contributed by atoms with van der Waals surface area (Å²) in [5.74, 6) is 1.64. The highest BCUT2D eigenvalue weighted by atomic mass is 32.1. The maximum atomic E-state index is 5.79. The predicted molar refractivity (Wildman–Crippen MR) is 108 cm³/mol. The van der Waals surface area contributed by atoms with E-state index < -0.39 is 0 Å². The van der Waals surface area contributed by atoms with Crippen molar-refractivity contribution in [3.8, 4) is 11.5 Å². The number of hydrogen-bond acceptors (Lipinski definition) is 2. The fraction of sp³-hybridized carbons (Fsp3) is 0.286. The molecule has 1 aliphatic rings. The van der Waals surface area contributed by atoms with E-state index in [4.69, 9.17) is 17.0 Å². The van der Waals surface area contributed by atoms with Crippen molar-refractivity contribution in [3.63, 3.8) is 0 Å². The zero-order valence-corrected chi connectivity index (χ0v) is 15.1. The average Bonchev–Trinajstić information content (AvgIpc) is 2.65. The quantitative estimate of drug-likeness (QED) is 0.519. The monoisotopic (exact) mass is 352 g/mol. The van der Waals surface area contributed by atoms with Crippen LogP contribution in [-0.2, 0) is 0 Å². The summed E-state index contributed by atoms with van der Waals surface area (Å²) in [6.45, 7) is 0.882. The fourth-order valence-corrected chi connectivity index (χ4v) is 3.09. The lowest BCUT2D eigenvalue weighted by Gasteiger charge is -2.14. The summed E-state index contributed by atoms with van der Waals surface area (Å²) in [6.07, 6.45) is 8.59. The van der Waals surface area contributed by atoms with Crippen molar-refractivity contribution in [1.82, 2.24) is 5.32 Å². The van der Waals surface area contributed by atoms with Gasteiger partial charge in [-0.15, -0.1) is 0 Å². The van der Waals surface area contributed by atoms with Gasteiger partial charge in [-0.25, -0.2) is 0 Å². The first-order valence-electron chi connectivity index (χ1n) is 8.85. The summed E-state index contributed by atoms with van der Waals surface area (Å²) in [4.78, 5) is 0. The highest BCUT2D eigenvalue weighted by Crippen LogP contribution is 2.22. The van der Waals surface area contributed by atoms with Crippen LogP contribution >= 0.6 is 12.2 Å². The van der Waals surface area contributed by atoms with Gasteiger partial charge in [0.15, 0.2) is 5.11 Å². The summed E-state index contributed by atoms with van der Waals surface area (Å²) in [5, 5.41) is 7.16. The van der Waals surface area contributed by atoms with E-state index in [1.165, 1.54) is 25.7 Å². The van der Waals surface area contributed by atoms with E-state index in [2.05, 4.69) is 16.7 Å². The van der Waals surface area contributed by atoms with E-state index in [-0.39, 0.29) is 0 Å². The third-order valence-electron chi connectivity index (χ3n) is 4.21. The van der Waals surface area contributed by atoms with Crippen LogP contribution in [0.2, 0.25) is 0 Å². The SMILES string of the molecule is S=C(NCCC1=CCCCC1)Nc1ccc(Oc2ccccc2)cc1. The second-order valence-corrected chi connectivity index (χ2v) is 6.59. The minimum Gasteiger partial charge on any atom is -0.457 e. The number of anilines is 1. The smallest absolute Gasteiger partial charge is 0.170 e. The van der Waals surface area contributed by atoms with Crippen LogP contribution in [0.5, 0.6) is 11.5 Å². The van der Waals surface area contributed by atoms with E-state index >= 15 is 0 Å². The van der Waals surface area contributed by atoms with Crippen LogP contribution in [0.3, 0.4) is 0 Å². The molecule has 0 amide bonds. The second kappa shape index (κ2) is 9.23. The molecule has 0 aromatic heterocycles. The molecule has 0 bridgehead atoms. The largest absolute Gasteiger partial charge is 0.457 e. The third kappa shape index (κ3) is 5.91. The van der Waals surface area contributed by atoms with Gasteiger partial charge < -0.3 is 15.4 Å². The van der Waals surface area contributed by atoms with E-state index in [1.807, 2.05) is 54.6 Å². The molecule has 0 radical (unpaired) electrons. The molecule has 3 nitrogen and oxygen atoms in total. The summed E-state index contributed by atoms with van der Waals surface area (Å²) < 4.78 is 5.79. The molecule has 1 aliphatic carbocycles. The average molecular weight is 353 g/mol. The molecule has 0 fully saturated rings. The summed E-state index contributed by atoms with van der Waals surface area (Å²) >= 11 is 5.37. The van der Waals surface area contributed by atoms with E-state index in [1.54, 1.807) is 5.57 Å². The van der Waals surface area contributed by atoms with Gasteiger partial charge in [0, 0.05) is 12.2 Å². The van der Waals surface area contributed by atoms with Crippen molar-refractivity contribution in [2.24, 2.45) is 0 Å². The normalized spacial score (nSPS) is 13.7. The zero-order chi connectivity index (χ0) is 17.3. The molecule has 130 valence electrons. The molecule has 0 spiro atoms. The van der Waals surface area contributed by atoms with Crippen LogP contribution in [0.4, 0.5) is 5.69 Å². The topological polar surface area (TPSA) is 33.3 Å². The number of para-hydroxylation sites is 1. The molecule has 0 saturated carbocycles. The van der Waals surface area contributed by atoms with Gasteiger partial charge in [-0.05, 0) is 80.7 Å². The Bertz CT molecular complexity index is 710. The van der Waals surface area contributed by atoms with Gasteiger partial charge in [0.25, 0.3) is 0 Å². The minimum atomic E-state index is 0.660. The van der Waals surface area contributed by atoms with Gasteiger partial charge in [-0.1, -0.05) is 29.8 Å². The van der Waals surface area contributed by atoms with Crippen LogP contribution < -0.4 is 15.4 Å². The van der Waals surface area contributed by atoms with E-state index in [0.717, 1.165) is 30.2 Å². The first-order chi connectivity index (χ1) is 12.3. The van der Waals surface area contributed by atoms with Crippen molar-refractivity contribution >= 4 is 23.0 Å². The standard InChI is InChI=1S/C21H24N2OS/c25-21(22-16-15-17-7-3-1-4-8-17)23-18-11-13-20(14-12-18)24-19-9-5-2-6-10-19/h2,5-7,9-14H,1,3-4,8,15-16H2,(H2,22,23,25). The maximum Gasteiger partial charge on any atom is 0.170 e. The van der Waals surface area contributed by atoms with Crippen molar-refractivity contribution in [1.29, 1.82) is 0 Å². The Balaban J connectivity index is 1.43. The molecule has 0 atom stereocenters. The summed E-state index contributed by atoms with van der Waals surface area (Å²) in [6, 6.07) is 17.6. The lowest BCUT2D eigenvalue weighted by molar-refractivity contribution is 0.483. The number of allylic oxidation sites excluding steroid dienone is 1. The van der Waals surface area contributed by atoms with Crippen molar-refractivity contribution in [2.75, 3.05) is 11.9 Å². The number of benzene rings is 2. The number of hydrogen-bond donors (Lipinski definition) is 2. The number of thiocarbonyl (C=S) groups is 1. The van der Waals surface area contributed by atoms with Gasteiger partial charge in [0.05, 0.1) is 0 Å². The lowest BCUT2D eigenvalue weighted by atomic mass is 9.97. The number of nitrogens with one attached hydrogen (secondary N) is 2. The van der Waals surface area contributed by atoms with E-state index in [0.29, 0.717) is 5.11 Å². The van der Waals surface area contributed by atoms with Gasteiger partial charge in [-0.3, -0.25) is 0 Å².